The highest BCUT2D eigenvalue weighted by Crippen LogP contribution is 2.27. The average Bonchev–Trinajstić information content (AvgIpc) is 2.38. The Morgan fingerprint density at radius 3 is 2.95 bits per heavy atom. The molecule has 19 heavy (non-hydrogen) atoms. The molecule has 0 aromatic carbocycles. The molecule has 1 aromatic rings. The molecule has 1 rings (SSSR count). The third kappa shape index (κ3) is 4.70. The van der Waals surface area contributed by atoms with Crippen molar-refractivity contribution >= 4 is 29.4 Å². The Labute approximate surface area is 114 Å². The lowest BCUT2D eigenvalue weighted by Gasteiger charge is -2.05. The van der Waals surface area contributed by atoms with Crippen LogP contribution in [-0.2, 0) is 9.53 Å². The van der Waals surface area contributed by atoms with Gasteiger partial charge < -0.3 is 10.1 Å². The molecule has 0 saturated carbocycles. The largest absolute Gasteiger partial charge is 0.469 e. The Kier molecular flexibility index (Phi) is 6.00. The molecule has 0 saturated heterocycles. The van der Waals surface area contributed by atoms with Crippen LogP contribution in [0.2, 0.25) is 0 Å². The van der Waals surface area contributed by atoms with Gasteiger partial charge in [-0.2, -0.15) is 4.98 Å². The number of aromatic nitrogens is 2. The van der Waals surface area contributed by atoms with Crippen molar-refractivity contribution in [3.8, 4) is 0 Å². The second-order valence-electron chi connectivity index (χ2n) is 3.35. The van der Waals surface area contributed by atoms with Crippen LogP contribution in [-0.4, -0.2) is 40.3 Å². The van der Waals surface area contributed by atoms with Crippen molar-refractivity contribution in [2.24, 2.45) is 0 Å². The topological polar surface area (TPSA) is 107 Å². The van der Waals surface area contributed by atoms with Crippen molar-refractivity contribution in [3.05, 3.63) is 16.3 Å². The molecule has 0 radical (unpaired) electrons. The van der Waals surface area contributed by atoms with Gasteiger partial charge in [-0.05, 0) is 6.92 Å². The first-order valence-corrected chi connectivity index (χ1v) is 6.52. The van der Waals surface area contributed by atoms with E-state index in [2.05, 4.69) is 20.0 Å². The summed E-state index contributed by atoms with van der Waals surface area (Å²) in [6.07, 6.45) is 1.32. The third-order valence-electron chi connectivity index (χ3n) is 2.04. The zero-order chi connectivity index (χ0) is 14.3. The van der Waals surface area contributed by atoms with Crippen LogP contribution >= 0.6 is 11.8 Å². The lowest BCUT2D eigenvalue weighted by atomic mass is 10.5. The van der Waals surface area contributed by atoms with E-state index in [0.29, 0.717) is 18.2 Å². The van der Waals surface area contributed by atoms with Crippen molar-refractivity contribution in [3.63, 3.8) is 0 Å². The van der Waals surface area contributed by atoms with Crippen LogP contribution in [0, 0.1) is 10.1 Å². The zero-order valence-corrected chi connectivity index (χ0v) is 11.4. The monoisotopic (exact) mass is 286 g/mol. The number of methoxy groups -OCH3 is 1. The molecule has 0 atom stereocenters. The number of nitro groups is 1. The van der Waals surface area contributed by atoms with E-state index in [-0.39, 0.29) is 23.1 Å². The molecule has 8 nitrogen and oxygen atoms in total. The normalized spacial score (nSPS) is 10.0. The van der Waals surface area contributed by atoms with Crippen molar-refractivity contribution in [1.29, 1.82) is 0 Å². The van der Waals surface area contributed by atoms with Crippen LogP contribution in [0.1, 0.15) is 13.3 Å². The number of nitrogens with zero attached hydrogens (tertiary/aromatic N) is 3. The summed E-state index contributed by atoms with van der Waals surface area (Å²) in [5.41, 5.74) is -0.170. The van der Waals surface area contributed by atoms with Gasteiger partial charge in [-0.1, -0.05) is 11.8 Å². The van der Waals surface area contributed by atoms with Gasteiger partial charge in [0, 0.05) is 12.3 Å². The predicted octanol–water partition coefficient (Wildman–Crippen LogP) is 1.47. The minimum Gasteiger partial charge on any atom is -0.469 e. The fourth-order valence-electron chi connectivity index (χ4n) is 1.17. The summed E-state index contributed by atoms with van der Waals surface area (Å²) in [5.74, 6) is 0.320. The molecule has 1 N–H and O–H groups in total. The molecule has 0 unspecified atom stereocenters. The van der Waals surface area contributed by atoms with Gasteiger partial charge in [0.05, 0.1) is 18.5 Å². The first kappa shape index (κ1) is 15.2. The molecule has 104 valence electrons. The van der Waals surface area contributed by atoms with Crippen LogP contribution in [0.15, 0.2) is 11.2 Å². The van der Waals surface area contributed by atoms with Crippen LogP contribution in [0.3, 0.4) is 0 Å². The molecule has 1 aromatic heterocycles. The van der Waals surface area contributed by atoms with E-state index in [0.717, 1.165) is 18.0 Å². The summed E-state index contributed by atoms with van der Waals surface area (Å²) < 4.78 is 4.50. The number of rotatable bonds is 7. The van der Waals surface area contributed by atoms with Gasteiger partial charge in [-0.3, -0.25) is 14.9 Å². The molecule has 9 heteroatoms. The standard InChI is InChI=1S/C10H14N4O4S/c1-3-11-10-12-6-7(14(16)17)9(13-10)19-5-4-8(15)18-2/h6H,3-5H2,1-2H3,(H,11,12,13). The first-order chi connectivity index (χ1) is 9.08. The minimum atomic E-state index is -0.545. The number of nitrogens with one attached hydrogen (secondary N) is 1. The maximum absolute atomic E-state index is 11.0. The van der Waals surface area contributed by atoms with Crippen molar-refractivity contribution in [1.82, 2.24) is 9.97 Å². The molecule has 0 aliphatic rings. The number of carbonyl (C=O) groups is 1. The van der Waals surface area contributed by atoms with Crippen molar-refractivity contribution in [2.75, 3.05) is 24.7 Å². The van der Waals surface area contributed by atoms with Crippen molar-refractivity contribution < 1.29 is 14.5 Å². The average molecular weight is 286 g/mol. The number of carbonyl (C=O) groups excluding carboxylic acids is 1. The predicted molar refractivity (Wildman–Crippen MR) is 70.2 cm³/mol. The fourth-order valence-corrected chi connectivity index (χ4v) is 2.06. The van der Waals surface area contributed by atoms with Crippen LogP contribution < -0.4 is 5.32 Å². The maximum Gasteiger partial charge on any atom is 0.319 e. The third-order valence-corrected chi connectivity index (χ3v) is 3.02. The highest BCUT2D eigenvalue weighted by molar-refractivity contribution is 7.99. The van der Waals surface area contributed by atoms with Gasteiger partial charge in [0.25, 0.3) is 0 Å². The Hall–Kier alpha value is -1.90. The molecule has 1 heterocycles. The second kappa shape index (κ2) is 7.52. The molecule has 0 spiro atoms. The van der Waals surface area contributed by atoms with E-state index in [1.54, 1.807) is 0 Å². The van der Waals surface area contributed by atoms with E-state index < -0.39 is 4.92 Å². The lowest BCUT2D eigenvalue weighted by molar-refractivity contribution is -0.388. The van der Waals surface area contributed by atoms with Crippen LogP contribution in [0.5, 0.6) is 0 Å². The minimum absolute atomic E-state index is 0.166. The highest BCUT2D eigenvalue weighted by atomic mass is 32.2. The number of hydrogen-bond acceptors (Lipinski definition) is 8. The maximum atomic E-state index is 11.0. The Bertz CT molecular complexity index is 469. The molecular formula is C10H14N4O4S. The van der Waals surface area contributed by atoms with E-state index >= 15 is 0 Å². The molecule has 0 fully saturated rings. The van der Waals surface area contributed by atoms with Gasteiger partial charge in [-0.25, -0.2) is 4.98 Å². The van der Waals surface area contributed by atoms with E-state index in [4.69, 9.17) is 0 Å². The number of anilines is 1. The number of thioether (sulfide) groups is 1. The van der Waals surface area contributed by atoms with Gasteiger partial charge >= 0.3 is 11.7 Å². The number of ether oxygens (including phenoxy) is 1. The van der Waals surface area contributed by atoms with Gasteiger partial charge in [-0.15, -0.1) is 0 Å². The molecule has 0 aliphatic carbocycles. The number of hydrogen-bond donors (Lipinski definition) is 1. The summed E-state index contributed by atoms with van der Waals surface area (Å²) in [7, 11) is 1.30. The molecule has 0 amide bonds. The summed E-state index contributed by atoms with van der Waals surface area (Å²) >= 11 is 1.13. The Balaban J connectivity index is 2.79. The quantitative estimate of drug-likeness (QED) is 0.264. The van der Waals surface area contributed by atoms with Gasteiger partial charge in [0.1, 0.15) is 6.20 Å². The summed E-state index contributed by atoms with van der Waals surface area (Å²) in [6.45, 7) is 2.49. The Morgan fingerprint density at radius 2 is 2.37 bits per heavy atom. The second-order valence-corrected chi connectivity index (χ2v) is 4.43. The van der Waals surface area contributed by atoms with Crippen LogP contribution in [0.25, 0.3) is 0 Å². The smallest absolute Gasteiger partial charge is 0.319 e. The SMILES string of the molecule is CCNc1ncc([N+](=O)[O-])c(SCCC(=O)OC)n1. The van der Waals surface area contributed by atoms with E-state index in [9.17, 15) is 14.9 Å². The Morgan fingerprint density at radius 1 is 1.63 bits per heavy atom. The number of esters is 1. The zero-order valence-electron chi connectivity index (χ0n) is 10.6. The highest BCUT2D eigenvalue weighted by Gasteiger charge is 2.18. The first-order valence-electron chi connectivity index (χ1n) is 5.53. The molecular weight excluding hydrogens is 272 g/mol. The molecule has 0 aliphatic heterocycles. The molecule has 0 bridgehead atoms. The summed E-state index contributed by atoms with van der Waals surface area (Å²) in [5, 5.41) is 14.0. The fraction of sp³-hybridized carbons (Fsp3) is 0.500. The van der Waals surface area contributed by atoms with Gasteiger partial charge in [0.2, 0.25) is 5.95 Å². The van der Waals surface area contributed by atoms with Crippen molar-refractivity contribution in [2.45, 2.75) is 18.4 Å². The van der Waals surface area contributed by atoms with E-state index in [1.165, 1.54) is 7.11 Å². The van der Waals surface area contributed by atoms with Gasteiger partial charge in [0.15, 0.2) is 5.03 Å². The van der Waals surface area contributed by atoms with Crippen LogP contribution in [0.4, 0.5) is 11.6 Å². The lowest BCUT2D eigenvalue weighted by Crippen LogP contribution is -2.05. The van der Waals surface area contributed by atoms with E-state index in [1.807, 2.05) is 6.92 Å². The summed E-state index contributed by atoms with van der Waals surface area (Å²) in [4.78, 5) is 29.2. The summed E-state index contributed by atoms with van der Waals surface area (Å²) in [6, 6.07) is 0.